The van der Waals surface area contributed by atoms with Crippen LogP contribution >= 0.6 is 0 Å². The van der Waals surface area contributed by atoms with E-state index in [1.165, 1.54) is 0 Å². The lowest BCUT2D eigenvalue weighted by molar-refractivity contribution is -0.140. The van der Waals surface area contributed by atoms with Crippen LogP contribution in [0, 0.1) is 0 Å². The fourth-order valence-electron chi connectivity index (χ4n) is 1.41. The van der Waals surface area contributed by atoms with Gasteiger partial charge in [0.15, 0.2) is 0 Å². The van der Waals surface area contributed by atoms with Crippen molar-refractivity contribution in [2.24, 2.45) is 0 Å². The van der Waals surface area contributed by atoms with E-state index in [4.69, 9.17) is 4.74 Å². The lowest BCUT2D eigenvalue weighted by atomic mass is 10.1. The van der Waals surface area contributed by atoms with Gasteiger partial charge in [0.25, 0.3) is 0 Å². The van der Waals surface area contributed by atoms with Gasteiger partial charge >= 0.3 is 0 Å². The Morgan fingerprint density at radius 2 is 2.27 bits per heavy atom. The van der Waals surface area contributed by atoms with E-state index in [0.717, 1.165) is 5.57 Å². The molecule has 0 unspecified atom stereocenters. The minimum absolute atomic E-state index is 0.0408. The monoisotopic (exact) mass is 211 g/mol. The smallest absolute Gasteiger partial charge is 0.230 e. The summed E-state index contributed by atoms with van der Waals surface area (Å²) < 4.78 is 5.29. The molecule has 1 heterocycles. The summed E-state index contributed by atoms with van der Waals surface area (Å²) in [6.45, 7) is 7.75. The predicted octanol–water partition coefficient (Wildman–Crippen LogP) is 0.771. The highest BCUT2D eigenvalue weighted by molar-refractivity contribution is 6.00. The molecule has 0 atom stereocenters. The van der Waals surface area contributed by atoms with E-state index in [0.29, 0.717) is 32.7 Å². The zero-order valence-electron chi connectivity index (χ0n) is 9.12. The summed E-state index contributed by atoms with van der Waals surface area (Å²) in [6, 6.07) is 0. The summed E-state index contributed by atoms with van der Waals surface area (Å²) in [4.78, 5) is 24.0. The molecular formula is C11H17NO3. The number of piperidine rings is 1. The molecule has 15 heavy (non-hydrogen) atoms. The maximum absolute atomic E-state index is 11.4. The molecule has 4 heteroatoms. The van der Waals surface area contributed by atoms with Gasteiger partial charge in [0.05, 0.1) is 19.6 Å². The molecule has 1 aliphatic rings. The van der Waals surface area contributed by atoms with Gasteiger partial charge in [-0.3, -0.25) is 9.59 Å². The molecular weight excluding hydrogens is 194 g/mol. The van der Waals surface area contributed by atoms with Crippen LogP contribution in [0.4, 0.5) is 0 Å². The molecule has 0 aromatic carbocycles. The zero-order valence-corrected chi connectivity index (χ0v) is 9.12. The Balaban J connectivity index is 2.18. The summed E-state index contributed by atoms with van der Waals surface area (Å²) in [5.74, 6) is -0.0377. The van der Waals surface area contributed by atoms with Crippen molar-refractivity contribution in [1.82, 2.24) is 4.90 Å². The molecule has 84 valence electrons. The summed E-state index contributed by atoms with van der Waals surface area (Å²) in [7, 11) is 0. The second-order valence-electron chi connectivity index (χ2n) is 3.86. The quantitative estimate of drug-likeness (QED) is 0.383. The van der Waals surface area contributed by atoms with E-state index < -0.39 is 0 Å². The molecule has 0 N–H and O–H groups in total. The van der Waals surface area contributed by atoms with Gasteiger partial charge in [-0.15, -0.1) is 0 Å². The first-order chi connectivity index (χ1) is 7.09. The molecule has 0 spiro atoms. The van der Waals surface area contributed by atoms with Crippen LogP contribution in [-0.4, -0.2) is 42.9 Å². The number of carbonyl (C=O) groups is 2. The van der Waals surface area contributed by atoms with Crippen LogP contribution in [0.5, 0.6) is 0 Å². The molecule has 0 aromatic rings. The normalized spacial score (nSPS) is 17.0. The molecule has 1 fully saturated rings. The van der Waals surface area contributed by atoms with Gasteiger partial charge in [-0.2, -0.15) is 0 Å². The molecule has 4 nitrogen and oxygen atoms in total. The number of hydrogen-bond acceptors (Lipinski definition) is 3. The summed E-state index contributed by atoms with van der Waals surface area (Å²) in [5.41, 5.74) is 0.968. The van der Waals surface area contributed by atoms with Gasteiger partial charge < -0.3 is 9.64 Å². The van der Waals surface area contributed by atoms with Crippen molar-refractivity contribution in [3.63, 3.8) is 0 Å². The maximum Gasteiger partial charge on any atom is 0.230 e. The van der Waals surface area contributed by atoms with Crippen LogP contribution in [0.1, 0.15) is 19.8 Å². The molecule has 1 aliphatic heterocycles. The van der Waals surface area contributed by atoms with E-state index in [9.17, 15) is 9.59 Å². The summed E-state index contributed by atoms with van der Waals surface area (Å²) >= 11 is 0. The molecule has 0 bridgehead atoms. The minimum atomic E-state index is -0.0785. The first-order valence-electron chi connectivity index (χ1n) is 5.11. The van der Waals surface area contributed by atoms with Crippen molar-refractivity contribution >= 4 is 11.7 Å². The molecule has 1 saturated heterocycles. The minimum Gasteiger partial charge on any atom is -0.375 e. The number of hydrogen-bond donors (Lipinski definition) is 0. The van der Waals surface area contributed by atoms with E-state index in [1.807, 2.05) is 6.92 Å². The topological polar surface area (TPSA) is 46.6 Å². The van der Waals surface area contributed by atoms with Crippen molar-refractivity contribution in [3.05, 3.63) is 12.2 Å². The molecule has 0 aromatic heterocycles. The number of rotatable bonds is 5. The highest BCUT2D eigenvalue weighted by Crippen LogP contribution is 2.06. The van der Waals surface area contributed by atoms with Crippen molar-refractivity contribution in [1.29, 1.82) is 0 Å². The largest absolute Gasteiger partial charge is 0.375 e. The fourth-order valence-corrected chi connectivity index (χ4v) is 1.41. The average molecular weight is 211 g/mol. The van der Waals surface area contributed by atoms with Gasteiger partial charge in [-0.05, 0) is 6.92 Å². The summed E-state index contributed by atoms with van der Waals surface area (Å²) in [6.07, 6.45) is 0.534. The molecule has 0 saturated carbocycles. The van der Waals surface area contributed by atoms with Crippen molar-refractivity contribution in [2.75, 3.05) is 26.3 Å². The number of ketones is 1. The first kappa shape index (κ1) is 11.9. The second kappa shape index (κ2) is 5.66. The van der Waals surface area contributed by atoms with E-state index in [-0.39, 0.29) is 18.1 Å². The zero-order chi connectivity index (χ0) is 11.3. The van der Waals surface area contributed by atoms with Gasteiger partial charge in [-0.25, -0.2) is 0 Å². The number of Topliss-reactive ketones (excluding diaryl/α,β-unsaturated/α-hetero) is 1. The molecule has 1 amide bonds. The summed E-state index contributed by atoms with van der Waals surface area (Å²) in [5, 5.41) is 0. The van der Waals surface area contributed by atoms with Crippen molar-refractivity contribution in [2.45, 2.75) is 19.8 Å². The molecule has 0 aliphatic carbocycles. The Kier molecular flexibility index (Phi) is 4.49. The number of carbonyl (C=O) groups excluding carboxylic acids is 2. The van der Waals surface area contributed by atoms with Crippen LogP contribution < -0.4 is 0 Å². The van der Waals surface area contributed by atoms with Crippen LogP contribution in [0.3, 0.4) is 0 Å². The molecule has 0 radical (unpaired) electrons. The van der Waals surface area contributed by atoms with Crippen LogP contribution in [0.2, 0.25) is 0 Å². The number of amides is 1. The van der Waals surface area contributed by atoms with E-state index in [1.54, 1.807) is 4.90 Å². The van der Waals surface area contributed by atoms with E-state index in [2.05, 4.69) is 6.58 Å². The second-order valence-corrected chi connectivity index (χ2v) is 3.86. The predicted molar refractivity (Wildman–Crippen MR) is 56.5 cm³/mol. The van der Waals surface area contributed by atoms with Crippen LogP contribution in [0.25, 0.3) is 0 Å². The van der Waals surface area contributed by atoms with Gasteiger partial charge in [-0.1, -0.05) is 12.2 Å². The van der Waals surface area contributed by atoms with Gasteiger partial charge in [0, 0.05) is 19.5 Å². The average Bonchev–Trinajstić information content (AvgIpc) is 2.14. The van der Waals surface area contributed by atoms with Crippen molar-refractivity contribution in [3.8, 4) is 0 Å². The Hall–Kier alpha value is -1.16. The van der Waals surface area contributed by atoms with Crippen LogP contribution in [-0.2, 0) is 14.3 Å². The number of nitrogens with zero attached hydrogens (tertiary/aromatic N) is 1. The van der Waals surface area contributed by atoms with Gasteiger partial charge in [0.2, 0.25) is 5.91 Å². The Bertz CT molecular complexity index is 273. The van der Waals surface area contributed by atoms with Gasteiger partial charge in [0.1, 0.15) is 5.78 Å². The number of likely N-dealkylation sites (tertiary alicyclic amines) is 1. The third kappa shape index (κ3) is 4.25. The van der Waals surface area contributed by atoms with E-state index >= 15 is 0 Å². The Labute approximate surface area is 89.9 Å². The lowest BCUT2D eigenvalue weighted by Crippen LogP contribution is -2.40. The molecule has 1 rings (SSSR count). The highest BCUT2D eigenvalue weighted by Gasteiger charge is 2.22. The van der Waals surface area contributed by atoms with Crippen LogP contribution in [0.15, 0.2) is 12.2 Å². The third-order valence-corrected chi connectivity index (χ3v) is 2.22. The standard InChI is InChI=1S/C11H17NO3/c1-9(2)8-15-6-5-12-4-3-10(13)7-11(12)14/h1,3-8H2,2H3. The SMILES string of the molecule is C=C(C)COCCN1CCC(=O)CC1=O. The number of ether oxygens (including phenoxy) is 1. The Morgan fingerprint density at radius 1 is 1.53 bits per heavy atom. The Morgan fingerprint density at radius 3 is 2.87 bits per heavy atom. The fraction of sp³-hybridized carbons (Fsp3) is 0.636. The third-order valence-electron chi connectivity index (χ3n) is 2.22. The van der Waals surface area contributed by atoms with Crippen molar-refractivity contribution < 1.29 is 14.3 Å². The maximum atomic E-state index is 11.4. The first-order valence-corrected chi connectivity index (χ1v) is 5.11. The lowest BCUT2D eigenvalue weighted by Gasteiger charge is -2.25. The highest BCUT2D eigenvalue weighted by atomic mass is 16.5.